The van der Waals surface area contributed by atoms with Crippen molar-refractivity contribution in [1.29, 1.82) is 5.26 Å². The lowest BCUT2D eigenvalue weighted by Crippen LogP contribution is -1.93. The predicted octanol–water partition coefficient (Wildman–Crippen LogP) is -0.138. The van der Waals surface area contributed by atoms with Crippen LogP contribution < -0.4 is 4.72 Å². The zero-order chi connectivity index (χ0) is 4.83. The number of nitrogens with one attached hydrogen (secondary N) is 1. The minimum Gasteiger partial charge on any atom is -0.290 e. The van der Waals surface area contributed by atoms with Gasteiger partial charge in [-0.15, -0.1) is 0 Å². The van der Waals surface area contributed by atoms with E-state index in [-0.39, 0.29) is 0 Å². The summed E-state index contributed by atoms with van der Waals surface area (Å²) in [5.41, 5.74) is 0. The van der Waals surface area contributed by atoms with Gasteiger partial charge in [-0.1, -0.05) is 0 Å². The largest absolute Gasteiger partial charge is 0.290 e. The summed E-state index contributed by atoms with van der Waals surface area (Å²) in [7, 11) is 0. The number of hydrogen-bond acceptors (Lipinski definition) is 3. The summed E-state index contributed by atoms with van der Waals surface area (Å²) in [5.74, 6) is 0. The average Bonchev–Trinajstić information content (AvgIpc) is 1.61. The van der Waals surface area contributed by atoms with Crippen LogP contribution in [0, 0.1) is 10.7 Å². The summed E-state index contributed by atoms with van der Waals surface area (Å²) in [6.45, 7) is 0. The van der Waals surface area contributed by atoms with Gasteiger partial charge in [0, 0.05) is 0 Å². The van der Waals surface area contributed by atoms with Gasteiger partial charge in [-0.3, -0.25) is 9.52 Å². The Morgan fingerprint density at radius 2 is 2.67 bits per heavy atom. The van der Waals surface area contributed by atoms with E-state index in [0.29, 0.717) is 18.4 Å². The predicted molar refractivity (Wildman–Crippen MR) is 22.4 cm³/mol. The molecule has 1 N–H and O–H groups in total. The van der Waals surface area contributed by atoms with E-state index in [1.165, 1.54) is 0 Å². The molecular weight excluding hydrogens is 100 g/mol. The first-order valence-electron chi connectivity index (χ1n) is 1.16. The molecule has 0 aliphatic carbocycles. The van der Waals surface area contributed by atoms with Gasteiger partial charge < -0.3 is 0 Å². The van der Waals surface area contributed by atoms with Crippen LogP contribution in [0.15, 0.2) is 0 Å². The smallest absolute Gasteiger partial charge is 0.217 e. The summed E-state index contributed by atoms with van der Waals surface area (Å²) in [6, 6.07) is 0. The highest BCUT2D eigenvalue weighted by Crippen LogP contribution is 1.79. The Kier molecular flexibility index (Phi) is 3.81. The van der Waals surface area contributed by atoms with E-state index in [4.69, 9.17) is 5.26 Å². The van der Waals surface area contributed by atoms with E-state index < -0.39 is 0 Å². The van der Waals surface area contributed by atoms with E-state index in [1.54, 1.807) is 5.40 Å². The quantitative estimate of drug-likeness (QED) is 0.228. The minimum absolute atomic E-state index is 0.452. The van der Waals surface area contributed by atoms with Gasteiger partial charge in [0.2, 0.25) is 6.41 Å². The molecule has 32 valence electrons. The molecule has 0 unspecified atom stereocenters. The number of hydrogen-bond donors (Lipinski definition) is 1. The van der Waals surface area contributed by atoms with Crippen LogP contribution in [0.4, 0.5) is 0 Å². The first kappa shape index (κ1) is 5.31. The van der Waals surface area contributed by atoms with Gasteiger partial charge >= 0.3 is 0 Å². The monoisotopic (exact) mass is 102 g/mol. The SMILES string of the molecule is N#CSNC=O. The molecule has 0 fully saturated rings. The van der Waals surface area contributed by atoms with Gasteiger partial charge in [-0.25, -0.2) is 0 Å². The summed E-state index contributed by atoms with van der Waals surface area (Å²) >= 11 is 0.696. The molecule has 0 heterocycles. The molecule has 0 aromatic rings. The zero-order valence-corrected chi connectivity index (χ0v) is 3.66. The van der Waals surface area contributed by atoms with E-state index in [1.807, 2.05) is 0 Å². The first-order valence-corrected chi connectivity index (χ1v) is 1.97. The normalized spacial score (nSPS) is 5.83. The molecule has 0 aliphatic heterocycles. The van der Waals surface area contributed by atoms with Gasteiger partial charge in [0.25, 0.3) is 0 Å². The number of nitrogens with zero attached hydrogens (tertiary/aromatic N) is 1. The number of carbonyl (C=O) groups is 1. The number of rotatable bonds is 2. The lowest BCUT2D eigenvalue weighted by molar-refractivity contribution is -0.107. The topological polar surface area (TPSA) is 52.9 Å². The van der Waals surface area contributed by atoms with Crippen LogP contribution in [0.1, 0.15) is 0 Å². The fraction of sp³-hybridized carbons (Fsp3) is 0. The lowest BCUT2D eigenvalue weighted by atomic mass is 11.5. The van der Waals surface area contributed by atoms with Crippen LogP contribution in [0.2, 0.25) is 0 Å². The molecule has 0 aliphatic rings. The molecule has 6 heavy (non-hydrogen) atoms. The van der Waals surface area contributed by atoms with Crippen LogP contribution in [-0.4, -0.2) is 6.41 Å². The highest BCUT2D eigenvalue weighted by atomic mass is 32.2. The third kappa shape index (κ3) is 3.31. The molecule has 0 bridgehead atoms. The first-order chi connectivity index (χ1) is 2.91. The van der Waals surface area contributed by atoms with Gasteiger partial charge in [-0.05, 0) is 0 Å². The Balaban J connectivity index is 2.72. The molecule has 0 aromatic heterocycles. The van der Waals surface area contributed by atoms with E-state index in [9.17, 15) is 4.79 Å². The average molecular weight is 102 g/mol. The van der Waals surface area contributed by atoms with Crippen molar-refractivity contribution in [3.63, 3.8) is 0 Å². The Labute approximate surface area is 39.5 Å². The molecule has 0 atom stereocenters. The van der Waals surface area contributed by atoms with E-state index >= 15 is 0 Å². The van der Waals surface area contributed by atoms with Crippen molar-refractivity contribution in [2.24, 2.45) is 0 Å². The second-order valence-electron chi connectivity index (χ2n) is 0.429. The number of nitriles is 1. The van der Waals surface area contributed by atoms with Crippen LogP contribution in [0.5, 0.6) is 0 Å². The summed E-state index contributed by atoms with van der Waals surface area (Å²) in [4.78, 5) is 9.28. The molecule has 4 heteroatoms. The van der Waals surface area contributed by atoms with Crippen molar-refractivity contribution in [3.8, 4) is 5.40 Å². The maximum absolute atomic E-state index is 9.28. The molecule has 0 saturated heterocycles. The Morgan fingerprint density at radius 1 is 2.00 bits per heavy atom. The Bertz CT molecular complexity index is 76.1. The molecule has 0 radical (unpaired) electrons. The van der Waals surface area contributed by atoms with Crippen molar-refractivity contribution in [2.75, 3.05) is 0 Å². The van der Waals surface area contributed by atoms with E-state index in [2.05, 4.69) is 4.72 Å². The van der Waals surface area contributed by atoms with Gasteiger partial charge in [0.15, 0.2) is 5.40 Å². The molecule has 0 aromatic carbocycles. The molecule has 0 rings (SSSR count). The Morgan fingerprint density at radius 3 is 2.83 bits per heavy atom. The number of thiocyanates is 1. The van der Waals surface area contributed by atoms with Gasteiger partial charge in [0.1, 0.15) is 0 Å². The molecular formula is C2H2N2OS. The number of amides is 1. The van der Waals surface area contributed by atoms with Crippen molar-refractivity contribution >= 4 is 18.4 Å². The fourth-order valence-electron chi connectivity index (χ4n) is 0.0504. The third-order valence-electron chi connectivity index (χ3n) is 0.153. The third-order valence-corrected chi connectivity index (χ3v) is 0.458. The molecule has 0 saturated carbocycles. The second kappa shape index (κ2) is 4.31. The maximum atomic E-state index is 9.28. The van der Waals surface area contributed by atoms with Crippen molar-refractivity contribution in [2.45, 2.75) is 0 Å². The molecule has 3 nitrogen and oxygen atoms in total. The van der Waals surface area contributed by atoms with E-state index in [0.717, 1.165) is 0 Å². The summed E-state index contributed by atoms with van der Waals surface area (Å²) in [6.07, 6.45) is 0.452. The highest BCUT2D eigenvalue weighted by Gasteiger charge is 1.68. The van der Waals surface area contributed by atoms with Crippen molar-refractivity contribution in [3.05, 3.63) is 0 Å². The molecule has 1 amide bonds. The summed E-state index contributed by atoms with van der Waals surface area (Å²) in [5, 5.41) is 9.33. The standard InChI is InChI=1S/C2H2N2OS/c3-1-6-4-2-5/h2H,(H,4,5). The minimum atomic E-state index is 0.452. The Hall–Kier alpha value is -0.690. The maximum Gasteiger partial charge on any atom is 0.217 e. The fourth-order valence-corrected chi connectivity index (χ4v) is 0.151. The molecule has 0 spiro atoms. The van der Waals surface area contributed by atoms with Crippen LogP contribution >= 0.6 is 11.9 Å². The highest BCUT2D eigenvalue weighted by molar-refractivity contribution is 8.02. The van der Waals surface area contributed by atoms with Crippen LogP contribution in [0.3, 0.4) is 0 Å². The summed E-state index contributed by atoms with van der Waals surface area (Å²) < 4.78 is 2.07. The second-order valence-corrected chi connectivity index (χ2v) is 1.05. The lowest BCUT2D eigenvalue weighted by Gasteiger charge is -1.74. The van der Waals surface area contributed by atoms with Crippen molar-refractivity contribution < 1.29 is 4.79 Å². The van der Waals surface area contributed by atoms with Gasteiger partial charge in [0.05, 0.1) is 11.9 Å². The van der Waals surface area contributed by atoms with Crippen LogP contribution in [0.25, 0.3) is 0 Å². The van der Waals surface area contributed by atoms with Gasteiger partial charge in [-0.2, -0.15) is 5.26 Å². The van der Waals surface area contributed by atoms with Crippen molar-refractivity contribution in [1.82, 2.24) is 4.72 Å². The zero-order valence-electron chi connectivity index (χ0n) is 2.84. The number of carbonyl (C=O) groups excluding carboxylic acids is 1. The van der Waals surface area contributed by atoms with Crippen LogP contribution in [-0.2, 0) is 4.79 Å².